The normalized spacial score (nSPS) is 15.4. The lowest BCUT2D eigenvalue weighted by Crippen LogP contribution is -2.42. The van der Waals surface area contributed by atoms with E-state index in [-0.39, 0.29) is 30.0 Å². The van der Waals surface area contributed by atoms with Crippen molar-refractivity contribution in [3.8, 4) is 5.75 Å². The molecule has 8 heteroatoms. The predicted octanol–water partition coefficient (Wildman–Crippen LogP) is 3.73. The van der Waals surface area contributed by atoms with Crippen molar-refractivity contribution >= 4 is 29.9 Å². The number of furan rings is 1. The van der Waals surface area contributed by atoms with E-state index in [4.69, 9.17) is 13.9 Å². The standard InChI is InChI=1S/C23H34N4O3.HI/c1-18-8-9-19(22(15-18)30-14-13-28-3)16-25-23(24-2)26-17-20(21-7-6-12-29-21)27-10-4-5-11-27;/h6-9,12,15,20H,4-5,10-11,13-14,16-17H2,1-3H3,(H2,24,25,26);1H. The molecule has 0 bridgehead atoms. The molecule has 0 aliphatic carbocycles. The predicted molar refractivity (Wildman–Crippen MR) is 134 cm³/mol. The molecule has 1 atom stereocenters. The number of likely N-dealkylation sites (tertiary alicyclic amines) is 1. The van der Waals surface area contributed by atoms with E-state index in [0.29, 0.717) is 19.8 Å². The van der Waals surface area contributed by atoms with Crippen molar-refractivity contribution < 1.29 is 13.9 Å². The molecule has 31 heavy (non-hydrogen) atoms. The van der Waals surface area contributed by atoms with E-state index in [1.165, 1.54) is 18.4 Å². The molecule has 2 aromatic rings. The summed E-state index contributed by atoms with van der Waals surface area (Å²) in [5, 5.41) is 6.87. The van der Waals surface area contributed by atoms with Gasteiger partial charge >= 0.3 is 0 Å². The number of aliphatic imine (C=N–C) groups is 1. The zero-order valence-corrected chi connectivity index (χ0v) is 21.1. The average Bonchev–Trinajstić information content (AvgIpc) is 3.47. The molecular weight excluding hydrogens is 507 g/mol. The summed E-state index contributed by atoms with van der Waals surface area (Å²) in [6, 6.07) is 10.5. The quantitative estimate of drug-likeness (QED) is 0.207. The molecule has 1 unspecified atom stereocenters. The Hall–Kier alpha value is -1.78. The molecule has 1 aliphatic heterocycles. The van der Waals surface area contributed by atoms with Gasteiger partial charge in [0.05, 0.1) is 18.9 Å². The molecule has 2 N–H and O–H groups in total. The molecule has 1 saturated heterocycles. The average molecular weight is 542 g/mol. The number of nitrogens with one attached hydrogen (secondary N) is 2. The summed E-state index contributed by atoms with van der Waals surface area (Å²) in [6.45, 7) is 6.72. The highest BCUT2D eigenvalue weighted by molar-refractivity contribution is 14.0. The summed E-state index contributed by atoms with van der Waals surface area (Å²) in [6.07, 6.45) is 4.22. The maximum Gasteiger partial charge on any atom is 0.191 e. The number of methoxy groups -OCH3 is 1. The molecule has 0 spiro atoms. The third-order valence-corrected chi connectivity index (χ3v) is 5.35. The van der Waals surface area contributed by atoms with Crippen LogP contribution in [0.3, 0.4) is 0 Å². The van der Waals surface area contributed by atoms with E-state index >= 15 is 0 Å². The molecule has 1 fully saturated rings. The third kappa shape index (κ3) is 7.69. The molecule has 0 saturated carbocycles. The van der Waals surface area contributed by atoms with Gasteiger partial charge in [0.2, 0.25) is 0 Å². The Morgan fingerprint density at radius 3 is 2.68 bits per heavy atom. The first-order chi connectivity index (χ1) is 14.7. The van der Waals surface area contributed by atoms with Gasteiger partial charge in [0.25, 0.3) is 0 Å². The molecule has 172 valence electrons. The number of benzene rings is 1. The van der Waals surface area contributed by atoms with Gasteiger partial charge in [0.15, 0.2) is 5.96 Å². The van der Waals surface area contributed by atoms with Crippen LogP contribution >= 0.6 is 24.0 Å². The van der Waals surface area contributed by atoms with Crippen LogP contribution in [0.5, 0.6) is 5.75 Å². The van der Waals surface area contributed by atoms with E-state index in [2.05, 4.69) is 51.7 Å². The van der Waals surface area contributed by atoms with Crippen LogP contribution in [0.1, 0.15) is 35.8 Å². The maximum absolute atomic E-state index is 5.89. The summed E-state index contributed by atoms with van der Waals surface area (Å²) in [4.78, 5) is 6.86. The number of halogens is 1. The number of aryl methyl sites for hydroxylation is 1. The second-order valence-electron chi connectivity index (χ2n) is 7.53. The van der Waals surface area contributed by atoms with Crippen LogP contribution in [0.4, 0.5) is 0 Å². The first-order valence-electron chi connectivity index (χ1n) is 10.6. The van der Waals surface area contributed by atoms with E-state index in [9.17, 15) is 0 Å². The van der Waals surface area contributed by atoms with Gasteiger partial charge in [-0.25, -0.2) is 0 Å². The van der Waals surface area contributed by atoms with Crippen molar-refractivity contribution in [3.63, 3.8) is 0 Å². The number of nitrogens with zero attached hydrogens (tertiary/aromatic N) is 2. The van der Waals surface area contributed by atoms with Gasteiger partial charge in [0.1, 0.15) is 18.1 Å². The van der Waals surface area contributed by atoms with Gasteiger partial charge in [-0.2, -0.15) is 0 Å². The highest BCUT2D eigenvalue weighted by Crippen LogP contribution is 2.25. The Morgan fingerprint density at radius 1 is 1.19 bits per heavy atom. The van der Waals surface area contributed by atoms with Crippen LogP contribution in [0.2, 0.25) is 0 Å². The number of ether oxygens (including phenoxy) is 2. The SMILES string of the molecule is CN=C(NCc1ccc(C)cc1OCCOC)NCC(c1ccco1)N1CCCC1.I. The Kier molecular flexibility index (Phi) is 11.2. The lowest BCUT2D eigenvalue weighted by Gasteiger charge is -2.26. The molecule has 7 nitrogen and oxygen atoms in total. The molecule has 1 aromatic heterocycles. The lowest BCUT2D eigenvalue weighted by molar-refractivity contribution is 0.145. The monoisotopic (exact) mass is 542 g/mol. The lowest BCUT2D eigenvalue weighted by atomic mass is 10.1. The van der Waals surface area contributed by atoms with Gasteiger partial charge in [-0.1, -0.05) is 12.1 Å². The first kappa shape index (κ1) is 25.5. The van der Waals surface area contributed by atoms with Crippen LogP contribution in [-0.2, 0) is 11.3 Å². The van der Waals surface area contributed by atoms with Crippen LogP contribution in [-0.4, -0.2) is 57.9 Å². The fourth-order valence-corrected chi connectivity index (χ4v) is 3.71. The number of hydrogen-bond acceptors (Lipinski definition) is 5. The van der Waals surface area contributed by atoms with Crippen molar-refractivity contribution in [1.29, 1.82) is 0 Å². The van der Waals surface area contributed by atoms with Crippen LogP contribution in [0.15, 0.2) is 46.0 Å². The largest absolute Gasteiger partial charge is 0.491 e. The minimum absolute atomic E-state index is 0. The highest BCUT2D eigenvalue weighted by Gasteiger charge is 2.25. The zero-order valence-electron chi connectivity index (χ0n) is 18.7. The van der Waals surface area contributed by atoms with Crippen molar-refractivity contribution in [1.82, 2.24) is 15.5 Å². The summed E-state index contributed by atoms with van der Waals surface area (Å²) in [7, 11) is 3.47. The Balaban J connectivity index is 0.00000341. The van der Waals surface area contributed by atoms with Gasteiger partial charge in [-0.15, -0.1) is 24.0 Å². The second kappa shape index (κ2) is 13.6. The third-order valence-electron chi connectivity index (χ3n) is 5.35. The number of guanidine groups is 1. The van der Waals surface area contributed by atoms with Crippen LogP contribution in [0, 0.1) is 6.92 Å². The fraction of sp³-hybridized carbons (Fsp3) is 0.522. The molecule has 2 heterocycles. The minimum atomic E-state index is 0. The fourth-order valence-electron chi connectivity index (χ4n) is 3.71. The Bertz CT molecular complexity index is 792. The summed E-state index contributed by atoms with van der Waals surface area (Å²) in [5.74, 6) is 2.63. The summed E-state index contributed by atoms with van der Waals surface area (Å²) < 4.78 is 16.7. The van der Waals surface area contributed by atoms with E-state index in [1.54, 1.807) is 20.4 Å². The van der Waals surface area contributed by atoms with Crippen LogP contribution < -0.4 is 15.4 Å². The van der Waals surface area contributed by atoms with E-state index in [1.807, 2.05) is 6.07 Å². The summed E-state index contributed by atoms with van der Waals surface area (Å²) >= 11 is 0. The van der Waals surface area contributed by atoms with Gasteiger partial charge < -0.3 is 24.5 Å². The smallest absolute Gasteiger partial charge is 0.191 e. The van der Waals surface area contributed by atoms with E-state index < -0.39 is 0 Å². The number of hydrogen-bond donors (Lipinski definition) is 2. The van der Waals surface area contributed by atoms with Gasteiger partial charge in [-0.3, -0.25) is 9.89 Å². The van der Waals surface area contributed by atoms with Crippen LogP contribution in [0.25, 0.3) is 0 Å². The van der Waals surface area contributed by atoms with Crippen molar-refractivity contribution in [2.45, 2.75) is 32.4 Å². The maximum atomic E-state index is 5.89. The molecule has 0 radical (unpaired) electrons. The topological polar surface area (TPSA) is 71.3 Å². The molecule has 3 rings (SSSR count). The van der Waals surface area contributed by atoms with Gasteiger partial charge in [0, 0.05) is 32.8 Å². The minimum Gasteiger partial charge on any atom is -0.491 e. The molecule has 1 aliphatic rings. The Labute approximate surface area is 202 Å². The van der Waals surface area contributed by atoms with Crippen molar-refractivity contribution in [3.05, 3.63) is 53.5 Å². The summed E-state index contributed by atoms with van der Waals surface area (Å²) in [5.41, 5.74) is 2.25. The second-order valence-corrected chi connectivity index (χ2v) is 7.53. The van der Waals surface area contributed by atoms with Crippen molar-refractivity contribution in [2.75, 3.05) is 47.0 Å². The first-order valence-corrected chi connectivity index (χ1v) is 10.6. The molecular formula is C23H35IN4O3. The highest BCUT2D eigenvalue weighted by atomic mass is 127. The molecule has 1 aromatic carbocycles. The van der Waals surface area contributed by atoms with E-state index in [0.717, 1.165) is 42.7 Å². The molecule has 0 amide bonds. The van der Waals surface area contributed by atoms with Gasteiger partial charge in [-0.05, 0) is 56.6 Å². The Morgan fingerprint density at radius 2 is 2.00 bits per heavy atom. The number of rotatable bonds is 10. The van der Waals surface area contributed by atoms with Crippen molar-refractivity contribution in [2.24, 2.45) is 4.99 Å². The zero-order chi connectivity index (χ0) is 21.2.